The molecule has 2 aliphatic rings. The first-order chi connectivity index (χ1) is 15.2. The van der Waals surface area contributed by atoms with E-state index in [1.807, 2.05) is 0 Å². The number of methoxy groups -OCH3 is 1. The Bertz CT molecular complexity index is 928. The number of rotatable bonds is 7. The molecule has 3 atom stereocenters. The van der Waals surface area contributed by atoms with Gasteiger partial charge in [-0.1, -0.05) is 19.8 Å². The van der Waals surface area contributed by atoms with E-state index in [4.69, 9.17) is 14.2 Å². The number of morpholine rings is 1. The minimum Gasteiger partial charge on any atom is -0.495 e. The molecular weight excluding hydrogens is 436 g/mol. The number of nitrogens with zero attached hydrogens (tertiary/aromatic N) is 1. The van der Waals surface area contributed by atoms with Crippen molar-refractivity contribution in [2.75, 3.05) is 33.4 Å². The van der Waals surface area contributed by atoms with E-state index in [0.717, 1.165) is 25.7 Å². The predicted octanol–water partition coefficient (Wildman–Crippen LogP) is 1.96. The Morgan fingerprint density at radius 2 is 1.88 bits per heavy atom. The minimum atomic E-state index is -3.89. The molecule has 1 aromatic carbocycles. The van der Waals surface area contributed by atoms with Gasteiger partial charge in [-0.2, -0.15) is 4.31 Å². The van der Waals surface area contributed by atoms with Gasteiger partial charge in [0, 0.05) is 19.1 Å². The fourth-order valence-electron chi connectivity index (χ4n) is 4.04. The van der Waals surface area contributed by atoms with Crippen LogP contribution in [0.2, 0.25) is 0 Å². The van der Waals surface area contributed by atoms with E-state index in [2.05, 4.69) is 12.2 Å². The lowest BCUT2D eigenvalue weighted by Crippen LogP contribution is -2.46. The highest BCUT2D eigenvalue weighted by Gasteiger charge is 2.31. The second-order valence-corrected chi connectivity index (χ2v) is 10.2. The topological polar surface area (TPSA) is 111 Å². The highest BCUT2D eigenvalue weighted by atomic mass is 32.2. The van der Waals surface area contributed by atoms with Gasteiger partial charge in [0.05, 0.1) is 25.9 Å². The Labute approximate surface area is 189 Å². The lowest BCUT2D eigenvalue weighted by Gasteiger charge is -2.30. The summed E-state index contributed by atoms with van der Waals surface area (Å²) < 4.78 is 43.3. The average Bonchev–Trinajstić information content (AvgIpc) is 2.80. The molecule has 1 aromatic rings. The molecule has 3 rings (SSSR count). The van der Waals surface area contributed by atoms with Gasteiger partial charge in [-0.3, -0.25) is 4.79 Å². The molecule has 0 bridgehead atoms. The summed E-state index contributed by atoms with van der Waals surface area (Å²) in [6.07, 6.45) is 3.19. The molecule has 1 N–H and O–H groups in total. The molecule has 10 heteroatoms. The molecule has 0 spiro atoms. The Morgan fingerprint density at radius 1 is 1.19 bits per heavy atom. The number of sulfonamides is 1. The van der Waals surface area contributed by atoms with Crippen molar-refractivity contribution in [1.82, 2.24) is 9.62 Å². The second kappa shape index (κ2) is 10.6. The van der Waals surface area contributed by atoms with Gasteiger partial charge in [0.2, 0.25) is 10.0 Å². The fraction of sp³-hybridized carbons (Fsp3) is 0.636. The molecule has 1 amide bonds. The van der Waals surface area contributed by atoms with Crippen LogP contribution < -0.4 is 10.1 Å². The smallest absolute Gasteiger partial charge is 0.338 e. The van der Waals surface area contributed by atoms with Crippen molar-refractivity contribution in [1.29, 1.82) is 0 Å². The van der Waals surface area contributed by atoms with Crippen LogP contribution >= 0.6 is 0 Å². The highest BCUT2D eigenvalue weighted by Crippen LogP contribution is 2.29. The summed E-state index contributed by atoms with van der Waals surface area (Å²) >= 11 is 0. The van der Waals surface area contributed by atoms with Crippen molar-refractivity contribution in [2.45, 2.75) is 56.6 Å². The monoisotopic (exact) mass is 468 g/mol. The van der Waals surface area contributed by atoms with Crippen LogP contribution in [0.1, 0.15) is 49.9 Å². The first kappa shape index (κ1) is 24.5. The lowest BCUT2D eigenvalue weighted by atomic mass is 9.86. The molecule has 178 valence electrons. The lowest BCUT2D eigenvalue weighted by molar-refractivity contribution is -0.130. The second-order valence-electron chi connectivity index (χ2n) is 8.31. The number of hydrogen-bond donors (Lipinski definition) is 1. The summed E-state index contributed by atoms with van der Waals surface area (Å²) in [6, 6.07) is 4.15. The number of benzene rings is 1. The molecule has 1 saturated carbocycles. The quantitative estimate of drug-likeness (QED) is 0.609. The Kier molecular flexibility index (Phi) is 8.13. The average molecular weight is 469 g/mol. The van der Waals surface area contributed by atoms with E-state index >= 15 is 0 Å². The van der Waals surface area contributed by atoms with Crippen LogP contribution in [-0.2, 0) is 24.3 Å². The molecule has 1 aliphatic heterocycles. The van der Waals surface area contributed by atoms with Crippen LogP contribution in [0.15, 0.2) is 23.1 Å². The van der Waals surface area contributed by atoms with Gasteiger partial charge in [-0.25, -0.2) is 13.2 Å². The predicted molar refractivity (Wildman–Crippen MR) is 117 cm³/mol. The van der Waals surface area contributed by atoms with Crippen LogP contribution in [0.5, 0.6) is 5.75 Å². The Morgan fingerprint density at radius 3 is 2.53 bits per heavy atom. The normalized spacial score (nSPS) is 23.2. The van der Waals surface area contributed by atoms with E-state index in [-0.39, 0.29) is 41.2 Å². The van der Waals surface area contributed by atoms with E-state index in [1.54, 1.807) is 0 Å². The van der Waals surface area contributed by atoms with E-state index in [1.165, 1.54) is 36.5 Å². The molecule has 0 aromatic heterocycles. The summed E-state index contributed by atoms with van der Waals surface area (Å²) in [5, 5.41) is 2.97. The van der Waals surface area contributed by atoms with Crippen molar-refractivity contribution in [3.63, 3.8) is 0 Å². The number of amides is 1. The van der Waals surface area contributed by atoms with Crippen LogP contribution in [0.3, 0.4) is 0 Å². The summed E-state index contributed by atoms with van der Waals surface area (Å²) in [6.45, 7) is 4.66. The SMILES string of the molecule is COc1ccc(C(=O)O[C@H](C)C(=O)N[C@@H]2CCCC[C@H]2C)cc1S(=O)(=O)N1CCOCC1. The van der Waals surface area contributed by atoms with Gasteiger partial charge >= 0.3 is 5.97 Å². The molecule has 1 heterocycles. The minimum absolute atomic E-state index is 0.0309. The highest BCUT2D eigenvalue weighted by molar-refractivity contribution is 7.89. The molecule has 9 nitrogen and oxygen atoms in total. The number of carbonyl (C=O) groups excluding carboxylic acids is 2. The van der Waals surface area contributed by atoms with Crippen molar-refractivity contribution < 1.29 is 32.2 Å². The summed E-state index contributed by atoms with van der Waals surface area (Å²) in [5.41, 5.74) is 0.0309. The molecular formula is C22H32N2O7S. The molecule has 0 unspecified atom stereocenters. The van der Waals surface area contributed by atoms with Crippen LogP contribution in [0, 0.1) is 5.92 Å². The molecule has 32 heavy (non-hydrogen) atoms. The summed E-state index contributed by atoms with van der Waals surface area (Å²) in [5.74, 6) is -0.618. The zero-order chi connectivity index (χ0) is 23.3. The van der Waals surface area contributed by atoms with Gasteiger partial charge in [-0.05, 0) is 43.9 Å². The molecule has 1 aliphatic carbocycles. The van der Waals surface area contributed by atoms with Crippen LogP contribution in [0.4, 0.5) is 0 Å². The zero-order valence-corrected chi connectivity index (χ0v) is 19.7. The number of esters is 1. The van der Waals surface area contributed by atoms with Crippen molar-refractivity contribution in [2.24, 2.45) is 5.92 Å². The maximum atomic E-state index is 13.1. The van der Waals surface area contributed by atoms with E-state index < -0.39 is 22.1 Å². The number of ether oxygens (including phenoxy) is 3. The Hall–Kier alpha value is -2.17. The van der Waals surface area contributed by atoms with Crippen molar-refractivity contribution in [3.05, 3.63) is 23.8 Å². The molecule has 2 fully saturated rings. The van der Waals surface area contributed by atoms with Gasteiger partial charge in [0.15, 0.2) is 6.10 Å². The maximum Gasteiger partial charge on any atom is 0.338 e. The van der Waals surface area contributed by atoms with E-state index in [0.29, 0.717) is 19.1 Å². The third-order valence-electron chi connectivity index (χ3n) is 6.08. The number of hydrogen-bond acceptors (Lipinski definition) is 7. The van der Waals surface area contributed by atoms with Gasteiger partial charge in [0.1, 0.15) is 10.6 Å². The van der Waals surface area contributed by atoms with Crippen molar-refractivity contribution >= 4 is 21.9 Å². The Balaban J connectivity index is 1.72. The zero-order valence-electron chi connectivity index (χ0n) is 18.8. The summed E-state index contributed by atoms with van der Waals surface area (Å²) in [7, 11) is -2.52. The van der Waals surface area contributed by atoms with Crippen LogP contribution in [-0.4, -0.2) is 70.2 Å². The van der Waals surface area contributed by atoms with Gasteiger partial charge in [-0.15, -0.1) is 0 Å². The molecule has 1 saturated heterocycles. The number of nitrogens with one attached hydrogen (secondary N) is 1. The standard InChI is InChI=1S/C22H32N2O7S/c1-15-6-4-5-7-18(15)23-21(25)16(2)31-22(26)17-8-9-19(29-3)20(14-17)32(27,28)24-10-12-30-13-11-24/h8-9,14-16,18H,4-7,10-13H2,1-3H3,(H,23,25)/t15-,16-,18-/m1/s1. The fourth-order valence-corrected chi connectivity index (χ4v) is 5.63. The first-order valence-corrected chi connectivity index (χ1v) is 12.5. The molecule has 0 radical (unpaired) electrons. The third kappa shape index (κ3) is 5.60. The maximum absolute atomic E-state index is 13.1. The van der Waals surface area contributed by atoms with Crippen LogP contribution in [0.25, 0.3) is 0 Å². The first-order valence-electron chi connectivity index (χ1n) is 11.0. The number of carbonyl (C=O) groups is 2. The van der Waals surface area contributed by atoms with Gasteiger partial charge < -0.3 is 19.5 Å². The largest absolute Gasteiger partial charge is 0.495 e. The third-order valence-corrected chi connectivity index (χ3v) is 8.00. The van der Waals surface area contributed by atoms with Gasteiger partial charge in [0.25, 0.3) is 5.91 Å². The van der Waals surface area contributed by atoms with E-state index in [9.17, 15) is 18.0 Å². The van der Waals surface area contributed by atoms with Crippen molar-refractivity contribution in [3.8, 4) is 5.75 Å². The summed E-state index contributed by atoms with van der Waals surface area (Å²) in [4.78, 5) is 25.1.